The molecule has 37 heavy (non-hydrogen) atoms. The summed E-state index contributed by atoms with van der Waals surface area (Å²) in [5, 5.41) is 12.5. The predicted octanol–water partition coefficient (Wildman–Crippen LogP) is 6.51. The third-order valence-electron chi connectivity index (χ3n) is 6.55. The molecule has 4 aromatic rings. The van der Waals surface area contributed by atoms with Crippen molar-refractivity contribution in [1.82, 2.24) is 0 Å². The van der Waals surface area contributed by atoms with E-state index in [1.54, 1.807) is 38.1 Å². The number of aryl methyl sites for hydroxylation is 1. The van der Waals surface area contributed by atoms with Gasteiger partial charge in [0.15, 0.2) is 5.56 Å². The van der Waals surface area contributed by atoms with Gasteiger partial charge in [-0.05, 0) is 48.7 Å². The van der Waals surface area contributed by atoms with E-state index >= 15 is 0 Å². The first-order valence-electron chi connectivity index (χ1n) is 11.6. The first-order chi connectivity index (χ1) is 17.5. The van der Waals surface area contributed by atoms with Crippen molar-refractivity contribution in [1.29, 1.82) is 0 Å². The van der Waals surface area contributed by atoms with Gasteiger partial charge in [0.05, 0.1) is 17.0 Å². The fourth-order valence-electron chi connectivity index (χ4n) is 4.84. The van der Waals surface area contributed by atoms with Crippen LogP contribution in [0.15, 0.2) is 69.9 Å². The van der Waals surface area contributed by atoms with Crippen LogP contribution in [0.4, 0.5) is 24.7 Å². The number of benzene rings is 3. The van der Waals surface area contributed by atoms with Crippen LogP contribution < -0.4 is 15.6 Å². The largest absolute Gasteiger partial charge is 0.478 e. The topological polar surface area (TPSA) is 82.8 Å². The maximum atomic E-state index is 14.2. The lowest BCUT2D eigenvalue weighted by molar-refractivity contribution is -0.138. The van der Waals surface area contributed by atoms with Crippen LogP contribution >= 0.6 is 0 Å². The summed E-state index contributed by atoms with van der Waals surface area (Å²) in [6.07, 6.45) is -4.92. The van der Waals surface area contributed by atoms with E-state index in [1.165, 1.54) is 17.0 Å². The Hall–Kier alpha value is -4.27. The lowest BCUT2D eigenvalue weighted by Gasteiger charge is -2.23. The minimum Gasteiger partial charge on any atom is -0.478 e. The summed E-state index contributed by atoms with van der Waals surface area (Å²) in [5.74, 6) is -1.65. The minimum atomic E-state index is -4.92. The van der Waals surface area contributed by atoms with Crippen molar-refractivity contribution in [2.45, 2.75) is 39.2 Å². The third-order valence-corrected chi connectivity index (χ3v) is 6.55. The van der Waals surface area contributed by atoms with Crippen LogP contribution in [-0.2, 0) is 19.3 Å². The molecule has 190 valence electrons. The Balaban J connectivity index is 1.68. The molecule has 5 rings (SSSR count). The molecule has 1 unspecified atom stereocenters. The first kappa shape index (κ1) is 24.4. The number of carboxylic acids is 1. The summed E-state index contributed by atoms with van der Waals surface area (Å²) in [6, 6.07) is 16.1. The number of fused-ring (bicyclic) bond motifs is 2. The molecule has 1 atom stereocenters. The molecule has 1 aliphatic rings. The maximum Gasteiger partial charge on any atom is 0.425 e. The molecule has 1 aromatic heterocycles. The fourth-order valence-corrected chi connectivity index (χ4v) is 4.84. The van der Waals surface area contributed by atoms with Gasteiger partial charge in [-0.25, -0.2) is 4.79 Å². The number of anilines is 2. The van der Waals surface area contributed by atoms with E-state index in [9.17, 15) is 27.9 Å². The van der Waals surface area contributed by atoms with Crippen molar-refractivity contribution in [3.63, 3.8) is 0 Å². The van der Waals surface area contributed by atoms with Crippen LogP contribution in [0.1, 0.15) is 51.1 Å². The number of para-hydroxylation sites is 1. The number of halogens is 3. The van der Waals surface area contributed by atoms with E-state index in [-0.39, 0.29) is 29.6 Å². The summed E-state index contributed by atoms with van der Waals surface area (Å²) in [4.78, 5) is 26.4. The van der Waals surface area contributed by atoms with Crippen LogP contribution in [0.25, 0.3) is 11.0 Å². The van der Waals surface area contributed by atoms with E-state index in [0.29, 0.717) is 16.8 Å². The second kappa shape index (κ2) is 8.99. The molecule has 0 aliphatic carbocycles. The van der Waals surface area contributed by atoms with Gasteiger partial charge in [0, 0.05) is 24.3 Å². The van der Waals surface area contributed by atoms with Gasteiger partial charge in [-0.1, -0.05) is 42.5 Å². The number of rotatable bonds is 5. The summed E-state index contributed by atoms with van der Waals surface area (Å²) in [6.45, 7) is 3.76. The molecule has 0 saturated carbocycles. The Morgan fingerprint density at radius 1 is 1.05 bits per heavy atom. The summed E-state index contributed by atoms with van der Waals surface area (Å²) in [5.41, 5.74) is 0.671. The van der Waals surface area contributed by atoms with Gasteiger partial charge < -0.3 is 19.7 Å². The highest BCUT2D eigenvalue weighted by Crippen LogP contribution is 2.41. The zero-order chi connectivity index (χ0) is 26.5. The molecular weight excluding hydrogens is 485 g/mol. The third kappa shape index (κ3) is 4.41. The second-order valence-electron chi connectivity index (χ2n) is 9.18. The Morgan fingerprint density at radius 2 is 1.68 bits per heavy atom. The fraction of sp³-hybridized carbons (Fsp3) is 0.214. The summed E-state index contributed by atoms with van der Waals surface area (Å²) < 4.78 is 48.7. The Morgan fingerprint density at radius 3 is 2.30 bits per heavy atom. The van der Waals surface area contributed by atoms with Gasteiger partial charge in [0.2, 0.25) is 11.3 Å². The summed E-state index contributed by atoms with van der Waals surface area (Å²) >= 11 is 0. The van der Waals surface area contributed by atoms with Crippen LogP contribution in [-0.4, -0.2) is 11.1 Å². The monoisotopic (exact) mass is 508 g/mol. The van der Waals surface area contributed by atoms with E-state index in [0.717, 1.165) is 11.1 Å². The normalized spacial score (nSPS) is 14.0. The maximum absolute atomic E-state index is 14.2. The smallest absolute Gasteiger partial charge is 0.425 e. The molecule has 0 bridgehead atoms. The quantitative estimate of drug-likeness (QED) is 0.320. The molecule has 0 fully saturated rings. The Kier molecular flexibility index (Phi) is 5.94. The SMILES string of the molecule is Cc1cc(C(C)Nc2ccccc2C(=O)O)c2oc(N3Cc4ccccc4C3)c(C(F)(F)F)c(=O)c2c1. The van der Waals surface area contributed by atoms with E-state index in [1.807, 2.05) is 24.3 Å². The van der Waals surface area contributed by atoms with Gasteiger partial charge in [-0.3, -0.25) is 4.79 Å². The van der Waals surface area contributed by atoms with Crippen molar-refractivity contribution in [3.05, 3.63) is 104 Å². The highest BCUT2D eigenvalue weighted by atomic mass is 19.4. The Bertz CT molecular complexity index is 1570. The van der Waals surface area contributed by atoms with Gasteiger partial charge in [-0.2, -0.15) is 13.2 Å². The van der Waals surface area contributed by atoms with Crippen molar-refractivity contribution in [3.8, 4) is 0 Å². The molecule has 0 saturated heterocycles. The van der Waals surface area contributed by atoms with E-state index < -0.39 is 35.1 Å². The molecular formula is C28H23F3N2O4. The van der Waals surface area contributed by atoms with Crippen LogP contribution in [0.2, 0.25) is 0 Å². The van der Waals surface area contributed by atoms with E-state index in [4.69, 9.17) is 4.42 Å². The molecule has 0 radical (unpaired) electrons. The van der Waals surface area contributed by atoms with Crippen LogP contribution in [0, 0.1) is 6.92 Å². The highest BCUT2D eigenvalue weighted by molar-refractivity contribution is 5.94. The molecule has 0 amide bonds. The molecule has 2 heterocycles. The van der Waals surface area contributed by atoms with Crippen molar-refractivity contribution >= 4 is 28.5 Å². The van der Waals surface area contributed by atoms with Gasteiger partial charge in [0.1, 0.15) is 5.58 Å². The zero-order valence-corrected chi connectivity index (χ0v) is 20.0. The molecule has 6 nitrogen and oxygen atoms in total. The standard InChI is InChI=1S/C28H23F3N2O4/c1-15-11-20(16(2)32-22-10-6-5-9-19(22)27(35)36)25-21(12-15)24(34)23(28(29,30)31)26(37-25)33-13-17-7-3-4-8-18(17)14-33/h3-12,16,32H,13-14H2,1-2H3,(H,35,36). The Labute approximate surface area is 210 Å². The lowest BCUT2D eigenvalue weighted by Crippen LogP contribution is -2.27. The van der Waals surface area contributed by atoms with Crippen LogP contribution in [0.3, 0.4) is 0 Å². The van der Waals surface area contributed by atoms with E-state index in [2.05, 4.69) is 5.32 Å². The number of nitrogens with one attached hydrogen (secondary N) is 1. The number of carbonyl (C=O) groups is 1. The van der Waals surface area contributed by atoms with Crippen molar-refractivity contribution in [2.75, 3.05) is 10.2 Å². The number of carboxylic acid groups (broad SMARTS) is 1. The zero-order valence-electron chi connectivity index (χ0n) is 20.0. The predicted molar refractivity (Wildman–Crippen MR) is 134 cm³/mol. The molecule has 2 N–H and O–H groups in total. The minimum absolute atomic E-state index is 0.0300. The van der Waals surface area contributed by atoms with Crippen molar-refractivity contribution in [2.24, 2.45) is 0 Å². The summed E-state index contributed by atoms with van der Waals surface area (Å²) in [7, 11) is 0. The number of aromatic carboxylic acids is 1. The molecule has 9 heteroatoms. The number of alkyl halides is 3. The molecule has 1 aliphatic heterocycles. The lowest BCUT2D eigenvalue weighted by atomic mass is 9.99. The van der Waals surface area contributed by atoms with Gasteiger partial charge in [0.25, 0.3) is 0 Å². The number of hydrogen-bond donors (Lipinski definition) is 2. The average molecular weight is 508 g/mol. The second-order valence-corrected chi connectivity index (χ2v) is 9.18. The van der Waals surface area contributed by atoms with Crippen molar-refractivity contribution < 1.29 is 27.5 Å². The molecule has 3 aromatic carbocycles. The number of nitrogens with zero attached hydrogens (tertiary/aromatic N) is 1. The average Bonchev–Trinajstić information content (AvgIpc) is 3.27. The van der Waals surface area contributed by atoms with Gasteiger partial charge >= 0.3 is 12.1 Å². The number of hydrogen-bond acceptors (Lipinski definition) is 5. The highest BCUT2D eigenvalue weighted by Gasteiger charge is 2.42. The van der Waals surface area contributed by atoms with Crippen LogP contribution in [0.5, 0.6) is 0 Å². The molecule has 0 spiro atoms. The first-order valence-corrected chi connectivity index (χ1v) is 11.6. The van der Waals surface area contributed by atoms with Gasteiger partial charge in [-0.15, -0.1) is 0 Å².